The van der Waals surface area contributed by atoms with Gasteiger partial charge in [0.05, 0.1) is 0 Å². The van der Waals surface area contributed by atoms with Crippen molar-refractivity contribution in [3.05, 3.63) is 24.4 Å². The fraction of sp³-hybridized carbons (Fsp3) is 0.538. The van der Waals surface area contributed by atoms with E-state index in [0.29, 0.717) is 0 Å². The molecule has 1 aliphatic rings. The molecular weight excluding hydrogens is 244 g/mol. The molecule has 0 aliphatic carbocycles. The van der Waals surface area contributed by atoms with Crippen LogP contribution in [0.1, 0.15) is 13.3 Å². The van der Waals surface area contributed by atoms with E-state index in [4.69, 9.17) is 12.2 Å². The third-order valence-electron chi connectivity index (χ3n) is 3.07. The first-order valence-corrected chi connectivity index (χ1v) is 6.91. The van der Waals surface area contributed by atoms with E-state index in [-0.39, 0.29) is 0 Å². The summed E-state index contributed by atoms with van der Waals surface area (Å²) < 4.78 is 0. The lowest BCUT2D eigenvalue weighted by Crippen LogP contribution is -2.52. The van der Waals surface area contributed by atoms with E-state index in [1.54, 1.807) is 0 Å². The topological polar surface area (TPSA) is 31.4 Å². The van der Waals surface area contributed by atoms with E-state index < -0.39 is 0 Å². The molecule has 0 unspecified atom stereocenters. The molecule has 5 heteroatoms. The zero-order valence-electron chi connectivity index (χ0n) is 10.8. The Hall–Kier alpha value is -1.36. The minimum absolute atomic E-state index is 0.887. The number of rotatable bonds is 3. The summed E-state index contributed by atoms with van der Waals surface area (Å²) in [6.07, 6.45) is 2.95. The summed E-state index contributed by atoms with van der Waals surface area (Å²) in [5.74, 6) is 1.06. The Bertz CT molecular complexity index is 374. The number of anilines is 1. The van der Waals surface area contributed by atoms with E-state index in [1.165, 1.54) is 0 Å². The molecule has 1 aliphatic heterocycles. The van der Waals surface area contributed by atoms with E-state index >= 15 is 0 Å². The van der Waals surface area contributed by atoms with E-state index in [9.17, 15) is 0 Å². The van der Waals surface area contributed by atoms with Crippen LogP contribution in [-0.4, -0.2) is 47.7 Å². The van der Waals surface area contributed by atoms with Gasteiger partial charge in [0.1, 0.15) is 5.82 Å². The molecule has 0 aromatic carbocycles. The average molecular weight is 264 g/mol. The molecule has 0 saturated carbocycles. The summed E-state index contributed by atoms with van der Waals surface area (Å²) in [7, 11) is 0. The molecule has 0 spiro atoms. The van der Waals surface area contributed by atoms with Crippen molar-refractivity contribution in [1.82, 2.24) is 15.2 Å². The molecule has 0 amide bonds. The second-order valence-electron chi connectivity index (χ2n) is 4.39. The lowest BCUT2D eigenvalue weighted by atomic mass is 10.3. The smallest absolute Gasteiger partial charge is 0.169 e. The molecule has 0 radical (unpaired) electrons. The van der Waals surface area contributed by atoms with Gasteiger partial charge in [-0.05, 0) is 30.8 Å². The summed E-state index contributed by atoms with van der Waals surface area (Å²) in [4.78, 5) is 8.93. The van der Waals surface area contributed by atoms with Crippen LogP contribution in [0.3, 0.4) is 0 Å². The highest BCUT2D eigenvalue weighted by Gasteiger charge is 2.19. The van der Waals surface area contributed by atoms with E-state index in [0.717, 1.165) is 50.1 Å². The number of aromatic nitrogens is 1. The summed E-state index contributed by atoms with van der Waals surface area (Å²) >= 11 is 5.38. The third kappa shape index (κ3) is 3.32. The molecular formula is C13H20N4S. The lowest BCUT2D eigenvalue weighted by molar-refractivity contribution is 0.379. The molecule has 0 atom stereocenters. The van der Waals surface area contributed by atoms with Crippen LogP contribution in [0.25, 0.3) is 0 Å². The molecule has 4 nitrogen and oxygen atoms in total. The predicted molar refractivity (Wildman–Crippen MR) is 78.9 cm³/mol. The maximum absolute atomic E-state index is 5.38. The van der Waals surface area contributed by atoms with Gasteiger partial charge in [0.15, 0.2) is 5.11 Å². The summed E-state index contributed by atoms with van der Waals surface area (Å²) in [6, 6.07) is 6.04. The Balaban J connectivity index is 1.83. The standard InChI is InChI=1S/C13H20N4S/c1-2-6-15-13(18)17-10-8-16(9-11-17)12-5-3-4-7-14-12/h3-5,7H,2,6,8-11H2,1H3,(H,15,18). The van der Waals surface area contributed by atoms with Crippen LogP contribution in [0.4, 0.5) is 5.82 Å². The number of piperazine rings is 1. The molecule has 1 aromatic rings. The number of hydrogen-bond donors (Lipinski definition) is 1. The minimum atomic E-state index is 0.887. The van der Waals surface area contributed by atoms with Gasteiger partial charge in [0, 0.05) is 38.9 Å². The van der Waals surface area contributed by atoms with Gasteiger partial charge in [0.25, 0.3) is 0 Å². The van der Waals surface area contributed by atoms with Crippen molar-refractivity contribution in [2.45, 2.75) is 13.3 Å². The van der Waals surface area contributed by atoms with Crippen LogP contribution < -0.4 is 10.2 Å². The molecule has 1 fully saturated rings. The first-order valence-electron chi connectivity index (χ1n) is 6.50. The highest BCUT2D eigenvalue weighted by molar-refractivity contribution is 7.80. The largest absolute Gasteiger partial charge is 0.363 e. The van der Waals surface area contributed by atoms with Gasteiger partial charge < -0.3 is 15.1 Å². The van der Waals surface area contributed by atoms with Gasteiger partial charge in [-0.15, -0.1) is 0 Å². The van der Waals surface area contributed by atoms with Gasteiger partial charge in [-0.3, -0.25) is 0 Å². The summed E-state index contributed by atoms with van der Waals surface area (Å²) in [5, 5.41) is 4.17. The Morgan fingerprint density at radius 2 is 2.11 bits per heavy atom. The highest BCUT2D eigenvalue weighted by Crippen LogP contribution is 2.12. The number of nitrogens with one attached hydrogen (secondary N) is 1. The zero-order chi connectivity index (χ0) is 12.8. The normalized spacial score (nSPS) is 15.6. The van der Waals surface area contributed by atoms with Crippen LogP contribution in [-0.2, 0) is 0 Å². The fourth-order valence-electron chi connectivity index (χ4n) is 2.02. The van der Waals surface area contributed by atoms with Gasteiger partial charge >= 0.3 is 0 Å². The van der Waals surface area contributed by atoms with Crippen LogP contribution in [0.2, 0.25) is 0 Å². The number of thiocarbonyl (C=S) groups is 1. The van der Waals surface area contributed by atoms with Crippen LogP contribution in [0, 0.1) is 0 Å². The van der Waals surface area contributed by atoms with Gasteiger partial charge in [0.2, 0.25) is 0 Å². The Morgan fingerprint density at radius 1 is 1.33 bits per heavy atom. The maximum Gasteiger partial charge on any atom is 0.169 e. The second kappa shape index (κ2) is 6.54. The first-order chi connectivity index (χ1) is 8.81. The van der Waals surface area contributed by atoms with Crippen molar-refractivity contribution >= 4 is 23.1 Å². The van der Waals surface area contributed by atoms with Gasteiger partial charge in [-0.25, -0.2) is 4.98 Å². The van der Waals surface area contributed by atoms with Crippen molar-refractivity contribution in [3.8, 4) is 0 Å². The summed E-state index contributed by atoms with van der Waals surface area (Å²) in [6.45, 7) is 6.99. The van der Waals surface area contributed by atoms with Crippen LogP contribution in [0.5, 0.6) is 0 Å². The SMILES string of the molecule is CCCNC(=S)N1CCN(c2ccccn2)CC1. The number of hydrogen-bond acceptors (Lipinski definition) is 3. The van der Waals surface area contributed by atoms with Crippen LogP contribution >= 0.6 is 12.2 Å². The van der Waals surface area contributed by atoms with E-state index in [1.807, 2.05) is 18.3 Å². The first kappa shape index (κ1) is 13.1. The van der Waals surface area contributed by atoms with Crippen molar-refractivity contribution in [2.24, 2.45) is 0 Å². The molecule has 0 bridgehead atoms. The quantitative estimate of drug-likeness (QED) is 0.836. The average Bonchev–Trinajstić information content (AvgIpc) is 2.46. The molecule has 1 saturated heterocycles. The van der Waals surface area contributed by atoms with Gasteiger partial charge in [-0.2, -0.15) is 0 Å². The molecule has 1 aromatic heterocycles. The lowest BCUT2D eigenvalue weighted by Gasteiger charge is -2.36. The van der Waals surface area contributed by atoms with Gasteiger partial charge in [-0.1, -0.05) is 13.0 Å². The molecule has 2 rings (SSSR count). The molecule has 1 N–H and O–H groups in total. The fourth-order valence-corrected chi connectivity index (χ4v) is 2.31. The van der Waals surface area contributed by atoms with Crippen molar-refractivity contribution in [1.29, 1.82) is 0 Å². The molecule has 98 valence electrons. The zero-order valence-corrected chi connectivity index (χ0v) is 11.6. The predicted octanol–water partition coefficient (Wildman–Crippen LogP) is 1.49. The maximum atomic E-state index is 5.38. The molecule has 18 heavy (non-hydrogen) atoms. The minimum Gasteiger partial charge on any atom is -0.363 e. The number of nitrogens with zero attached hydrogens (tertiary/aromatic N) is 3. The second-order valence-corrected chi connectivity index (χ2v) is 4.78. The highest BCUT2D eigenvalue weighted by atomic mass is 32.1. The Morgan fingerprint density at radius 3 is 2.72 bits per heavy atom. The van der Waals surface area contributed by atoms with Crippen molar-refractivity contribution in [3.63, 3.8) is 0 Å². The molecule has 2 heterocycles. The van der Waals surface area contributed by atoms with Crippen LogP contribution in [0.15, 0.2) is 24.4 Å². The Kier molecular flexibility index (Phi) is 4.75. The third-order valence-corrected chi connectivity index (χ3v) is 3.47. The van der Waals surface area contributed by atoms with Crippen molar-refractivity contribution < 1.29 is 0 Å². The van der Waals surface area contributed by atoms with Crippen molar-refractivity contribution in [2.75, 3.05) is 37.6 Å². The monoisotopic (exact) mass is 264 g/mol. The summed E-state index contributed by atoms with van der Waals surface area (Å²) in [5.41, 5.74) is 0. The Labute approximate surface area is 114 Å². The van der Waals surface area contributed by atoms with E-state index in [2.05, 4.69) is 33.1 Å². The number of pyridine rings is 1.